The summed E-state index contributed by atoms with van der Waals surface area (Å²) in [5.41, 5.74) is 3.57. The van der Waals surface area contributed by atoms with Crippen molar-refractivity contribution in [3.05, 3.63) is 76.5 Å². The van der Waals surface area contributed by atoms with Crippen molar-refractivity contribution >= 4 is 23.1 Å². The molecule has 0 aliphatic heterocycles. The number of hydrogen-bond acceptors (Lipinski definition) is 2. The van der Waals surface area contributed by atoms with Crippen LogP contribution in [0.5, 0.6) is 0 Å². The first kappa shape index (κ1) is 14.4. The predicted octanol–water partition coefficient (Wildman–Crippen LogP) is 4.85. The lowest BCUT2D eigenvalue weighted by Gasteiger charge is -2.09. The summed E-state index contributed by atoms with van der Waals surface area (Å²) in [6.45, 7) is 3.90. The smallest absolute Gasteiger partial charge is 0.187 e. The number of rotatable bonds is 4. The molecule has 0 aromatic heterocycles. The number of benzene rings is 2. The minimum Gasteiger partial charge on any atom is -0.359 e. The summed E-state index contributed by atoms with van der Waals surface area (Å²) in [4.78, 5) is 12.1. The van der Waals surface area contributed by atoms with Gasteiger partial charge in [-0.3, -0.25) is 4.79 Å². The molecule has 1 N–H and O–H groups in total. The van der Waals surface area contributed by atoms with E-state index in [9.17, 15) is 4.79 Å². The van der Waals surface area contributed by atoms with Gasteiger partial charge in [0.15, 0.2) is 5.78 Å². The molecule has 0 heterocycles. The van der Waals surface area contributed by atoms with Crippen molar-refractivity contribution in [2.24, 2.45) is 0 Å². The van der Waals surface area contributed by atoms with Crippen LogP contribution in [0.2, 0.25) is 5.02 Å². The molecule has 0 saturated carbocycles. The lowest BCUT2D eigenvalue weighted by molar-refractivity contribution is 0.104. The van der Waals surface area contributed by atoms with Gasteiger partial charge in [0.05, 0.1) is 0 Å². The summed E-state index contributed by atoms with van der Waals surface area (Å²) in [6, 6.07) is 14.8. The molecule has 0 aliphatic carbocycles. The second-order valence-electron chi connectivity index (χ2n) is 4.64. The Morgan fingerprint density at radius 2 is 1.75 bits per heavy atom. The molecule has 2 aromatic carbocycles. The Hall–Kier alpha value is -2.06. The van der Waals surface area contributed by atoms with Gasteiger partial charge < -0.3 is 5.32 Å². The van der Waals surface area contributed by atoms with E-state index in [1.807, 2.05) is 38.1 Å². The van der Waals surface area contributed by atoms with E-state index in [0.717, 1.165) is 16.9 Å². The fourth-order valence-electron chi connectivity index (χ4n) is 1.86. The van der Waals surface area contributed by atoms with Gasteiger partial charge in [-0.15, -0.1) is 0 Å². The van der Waals surface area contributed by atoms with E-state index in [4.69, 9.17) is 11.6 Å². The van der Waals surface area contributed by atoms with Gasteiger partial charge in [-0.1, -0.05) is 29.8 Å². The lowest BCUT2D eigenvalue weighted by Crippen LogP contribution is -2.02. The number of para-hydroxylation sites is 1. The van der Waals surface area contributed by atoms with Crippen molar-refractivity contribution < 1.29 is 4.79 Å². The Balaban J connectivity index is 2.12. The monoisotopic (exact) mass is 285 g/mol. The molecule has 2 rings (SSSR count). The van der Waals surface area contributed by atoms with Crippen LogP contribution in [0.4, 0.5) is 5.69 Å². The van der Waals surface area contributed by atoms with Crippen molar-refractivity contribution in [1.82, 2.24) is 0 Å². The van der Waals surface area contributed by atoms with E-state index in [-0.39, 0.29) is 5.78 Å². The Bertz CT molecular complexity index is 644. The molecule has 102 valence electrons. The summed E-state index contributed by atoms with van der Waals surface area (Å²) in [7, 11) is 0. The average molecular weight is 286 g/mol. The van der Waals surface area contributed by atoms with Crippen molar-refractivity contribution in [2.45, 2.75) is 13.8 Å². The van der Waals surface area contributed by atoms with Crippen LogP contribution in [-0.2, 0) is 0 Å². The van der Waals surface area contributed by atoms with E-state index >= 15 is 0 Å². The third-order valence-electron chi connectivity index (χ3n) is 2.95. The molecule has 2 aromatic rings. The number of allylic oxidation sites excluding steroid dienone is 2. The summed E-state index contributed by atoms with van der Waals surface area (Å²) in [6.07, 6.45) is 1.59. The molecule has 0 fully saturated rings. The Morgan fingerprint density at radius 3 is 2.40 bits per heavy atom. The second-order valence-corrected chi connectivity index (χ2v) is 5.07. The van der Waals surface area contributed by atoms with Gasteiger partial charge in [-0.2, -0.15) is 0 Å². The van der Waals surface area contributed by atoms with E-state index < -0.39 is 0 Å². The second kappa shape index (κ2) is 6.40. The van der Waals surface area contributed by atoms with E-state index in [1.165, 1.54) is 0 Å². The standard InChI is InChI=1S/C17H16ClNO/c1-12-5-3-4-6-16(12)19-13(2)11-17(20)14-7-9-15(18)10-8-14/h3-11,19H,1-2H3/b13-11+. The molecule has 0 radical (unpaired) electrons. The maximum Gasteiger partial charge on any atom is 0.187 e. The summed E-state index contributed by atoms with van der Waals surface area (Å²) in [5, 5.41) is 3.86. The predicted molar refractivity (Wildman–Crippen MR) is 84.3 cm³/mol. The van der Waals surface area contributed by atoms with Gasteiger partial charge >= 0.3 is 0 Å². The lowest BCUT2D eigenvalue weighted by atomic mass is 10.1. The molecule has 20 heavy (non-hydrogen) atoms. The number of carbonyl (C=O) groups excluding carboxylic acids is 1. The Morgan fingerprint density at radius 1 is 1.10 bits per heavy atom. The number of halogens is 1. The molecule has 0 spiro atoms. The normalized spacial score (nSPS) is 11.2. The van der Waals surface area contributed by atoms with Gasteiger partial charge in [0.1, 0.15) is 0 Å². The molecule has 0 atom stereocenters. The highest BCUT2D eigenvalue weighted by Crippen LogP contribution is 2.16. The maximum absolute atomic E-state index is 12.1. The highest BCUT2D eigenvalue weighted by Gasteiger charge is 2.04. The van der Waals surface area contributed by atoms with Crippen LogP contribution in [0.25, 0.3) is 0 Å². The molecule has 2 nitrogen and oxygen atoms in total. The van der Waals surface area contributed by atoms with Crippen molar-refractivity contribution in [2.75, 3.05) is 5.32 Å². The zero-order chi connectivity index (χ0) is 14.5. The third-order valence-corrected chi connectivity index (χ3v) is 3.21. The average Bonchev–Trinajstić information content (AvgIpc) is 2.42. The fraction of sp³-hybridized carbons (Fsp3) is 0.118. The van der Waals surface area contributed by atoms with Gasteiger partial charge in [-0.25, -0.2) is 0 Å². The van der Waals surface area contributed by atoms with Crippen molar-refractivity contribution in [1.29, 1.82) is 0 Å². The maximum atomic E-state index is 12.1. The molecular weight excluding hydrogens is 270 g/mol. The van der Waals surface area contributed by atoms with Gasteiger partial charge in [0, 0.05) is 28.0 Å². The van der Waals surface area contributed by atoms with Crippen LogP contribution in [-0.4, -0.2) is 5.78 Å². The summed E-state index contributed by atoms with van der Waals surface area (Å²) >= 11 is 5.81. The fourth-order valence-corrected chi connectivity index (χ4v) is 1.98. The molecule has 0 aliphatic rings. The van der Waals surface area contributed by atoms with Crippen LogP contribution < -0.4 is 5.32 Å². The topological polar surface area (TPSA) is 29.1 Å². The van der Waals surface area contributed by atoms with E-state index in [1.54, 1.807) is 30.3 Å². The Labute approximate surface area is 124 Å². The van der Waals surface area contributed by atoms with Crippen LogP contribution in [0, 0.1) is 6.92 Å². The first-order valence-electron chi connectivity index (χ1n) is 6.37. The van der Waals surface area contributed by atoms with E-state index in [0.29, 0.717) is 10.6 Å². The third kappa shape index (κ3) is 3.72. The quantitative estimate of drug-likeness (QED) is 0.643. The zero-order valence-electron chi connectivity index (χ0n) is 11.5. The SMILES string of the molecule is C/C(=C\C(=O)c1ccc(Cl)cc1)Nc1ccccc1C. The van der Waals surface area contributed by atoms with Crippen molar-refractivity contribution in [3.8, 4) is 0 Å². The van der Waals surface area contributed by atoms with Crippen molar-refractivity contribution in [3.63, 3.8) is 0 Å². The Kier molecular flexibility index (Phi) is 4.59. The van der Waals surface area contributed by atoms with Gasteiger partial charge in [0.25, 0.3) is 0 Å². The largest absolute Gasteiger partial charge is 0.359 e. The van der Waals surface area contributed by atoms with Crippen LogP contribution in [0.1, 0.15) is 22.8 Å². The zero-order valence-corrected chi connectivity index (χ0v) is 12.2. The number of nitrogens with one attached hydrogen (secondary N) is 1. The first-order chi connectivity index (χ1) is 9.56. The molecular formula is C17H16ClNO. The number of aryl methyl sites for hydroxylation is 1. The molecule has 3 heteroatoms. The molecule has 0 saturated heterocycles. The number of hydrogen-bond donors (Lipinski definition) is 1. The highest BCUT2D eigenvalue weighted by atomic mass is 35.5. The van der Waals surface area contributed by atoms with Crippen LogP contribution >= 0.6 is 11.6 Å². The minimum absolute atomic E-state index is 0.0414. The summed E-state index contributed by atoms with van der Waals surface area (Å²) in [5.74, 6) is -0.0414. The van der Waals surface area contributed by atoms with Gasteiger partial charge in [0.2, 0.25) is 0 Å². The molecule has 0 unspecified atom stereocenters. The highest BCUT2D eigenvalue weighted by molar-refractivity contribution is 6.30. The van der Waals surface area contributed by atoms with E-state index in [2.05, 4.69) is 5.32 Å². The number of anilines is 1. The number of ketones is 1. The minimum atomic E-state index is -0.0414. The molecule has 0 amide bonds. The van der Waals surface area contributed by atoms with Crippen LogP contribution in [0.15, 0.2) is 60.3 Å². The molecule has 0 bridgehead atoms. The van der Waals surface area contributed by atoms with Gasteiger partial charge in [-0.05, 0) is 49.7 Å². The first-order valence-corrected chi connectivity index (χ1v) is 6.75. The number of carbonyl (C=O) groups is 1. The van der Waals surface area contributed by atoms with Crippen LogP contribution in [0.3, 0.4) is 0 Å². The summed E-state index contributed by atoms with van der Waals surface area (Å²) < 4.78 is 0.